The van der Waals surface area contributed by atoms with E-state index in [1.54, 1.807) is 0 Å². The van der Waals surface area contributed by atoms with Crippen molar-refractivity contribution in [2.24, 2.45) is 0 Å². The molecule has 4 heteroatoms. The SMILES string of the molecule is CC(CC1CCCCN1)NC1CCCCNC1=O. The minimum absolute atomic E-state index is 0.0195. The zero-order chi connectivity index (χ0) is 12.8. The van der Waals surface area contributed by atoms with Crippen LogP contribution in [-0.2, 0) is 4.79 Å². The van der Waals surface area contributed by atoms with Gasteiger partial charge in [0.2, 0.25) is 5.91 Å². The lowest BCUT2D eigenvalue weighted by Gasteiger charge is -2.28. The van der Waals surface area contributed by atoms with Crippen LogP contribution in [0.3, 0.4) is 0 Å². The van der Waals surface area contributed by atoms with Gasteiger partial charge in [0.05, 0.1) is 6.04 Å². The third-order valence-corrected chi connectivity index (χ3v) is 4.07. The van der Waals surface area contributed by atoms with Crippen LogP contribution in [0.15, 0.2) is 0 Å². The molecule has 1 amide bonds. The van der Waals surface area contributed by atoms with Gasteiger partial charge in [0.25, 0.3) is 0 Å². The number of nitrogens with one attached hydrogen (secondary N) is 3. The number of hydrogen-bond acceptors (Lipinski definition) is 3. The Hall–Kier alpha value is -0.610. The quantitative estimate of drug-likeness (QED) is 0.705. The molecule has 4 nitrogen and oxygen atoms in total. The Kier molecular flexibility index (Phi) is 5.45. The van der Waals surface area contributed by atoms with Crippen LogP contribution in [0, 0.1) is 0 Å². The first-order valence-corrected chi connectivity index (χ1v) is 7.53. The Morgan fingerprint density at radius 2 is 2.00 bits per heavy atom. The van der Waals surface area contributed by atoms with E-state index in [1.165, 1.54) is 19.3 Å². The zero-order valence-electron chi connectivity index (χ0n) is 11.5. The van der Waals surface area contributed by atoms with Gasteiger partial charge in [0.1, 0.15) is 0 Å². The van der Waals surface area contributed by atoms with Crippen molar-refractivity contribution < 1.29 is 4.79 Å². The van der Waals surface area contributed by atoms with Crippen LogP contribution in [0.25, 0.3) is 0 Å². The molecule has 0 radical (unpaired) electrons. The molecule has 0 bridgehead atoms. The second-order valence-corrected chi connectivity index (χ2v) is 5.79. The summed E-state index contributed by atoms with van der Waals surface area (Å²) < 4.78 is 0. The summed E-state index contributed by atoms with van der Waals surface area (Å²) >= 11 is 0. The van der Waals surface area contributed by atoms with Gasteiger partial charge in [-0.3, -0.25) is 4.79 Å². The first-order valence-electron chi connectivity index (χ1n) is 7.53. The van der Waals surface area contributed by atoms with Crippen LogP contribution in [0.2, 0.25) is 0 Å². The van der Waals surface area contributed by atoms with Gasteiger partial charge in [-0.15, -0.1) is 0 Å². The molecule has 0 spiro atoms. The van der Waals surface area contributed by atoms with Crippen LogP contribution in [0.4, 0.5) is 0 Å². The number of carbonyl (C=O) groups excluding carboxylic acids is 1. The molecular formula is C14H27N3O. The summed E-state index contributed by atoms with van der Waals surface area (Å²) in [5.41, 5.74) is 0. The van der Waals surface area contributed by atoms with Crippen LogP contribution in [0.1, 0.15) is 51.9 Å². The largest absolute Gasteiger partial charge is 0.355 e. The molecule has 18 heavy (non-hydrogen) atoms. The van der Waals surface area contributed by atoms with E-state index in [1.807, 2.05) is 0 Å². The van der Waals surface area contributed by atoms with Crippen LogP contribution in [0.5, 0.6) is 0 Å². The molecule has 0 aromatic carbocycles. The van der Waals surface area contributed by atoms with Crippen molar-refractivity contribution in [3.05, 3.63) is 0 Å². The molecule has 3 N–H and O–H groups in total. The van der Waals surface area contributed by atoms with Gasteiger partial charge in [-0.25, -0.2) is 0 Å². The fourth-order valence-electron chi connectivity index (χ4n) is 3.06. The molecule has 104 valence electrons. The van der Waals surface area contributed by atoms with Gasteiger partial charge in [-0.1, -0.05) is 6.42 Å². The molecule has 3 atom stereocenters. The van der Waals surface area contributed by atoms with Gasteiger partial charge in [-0.2, -0.15) is 0 Å². The monoisotopic (exact) mass is 253 g/mol. The molecule has 2 aliphatic heterocycles. The maximum atomic E-state index is 11.9. The minimum atomic E-state index is 0.0195. The van der Waals surface area contributed by atoms with Gasteiger partial charge in [-0.05, 0) is 52.0 Å². The van der Waals surface area contributed by atoms with E-state index in [0.29, 0.717) is 12.1 Å². The summed E-state index contributed by atoms with van der Waals surface area (Å²) in [7, 11) is 0. The molecule has 0 aromatic rings. The van der Waals surface area contributed by atoms with Crippen molar-refractivity contribution >= 4 is 5.91 Å². The molecular weight excluding hydrogens is 226 g/mol. The predicted octanol–water partition coefficient (Wildman–Crippen LogP) is 1.17. The lowest BCUT2D eigenvalue weighted by molar-refractivity contribution is -0.123. The number of rotatable bonds is 4. The average molecular weight is 253 g/mol. The van der Waals surface area contributed by atoms with E-state index in [0.717, 1.165) is 38.8 Å². The summed E-state index contributed by atoms with van der Waals surface area (Å²) in [5, 5.41) is 10.1. The third kappa shape index (κ3) is 4.25. The number of amides is 1. The first-order chi connectivity index (χ1) is 8.75. The molecule has 3 unspecified atom stereocenters. The smallest absolute Gasteiger partial charge is 0.237 e. The van der Waals surface area contributed by atoms with E-state index < -0.39 is 0 Å². The van der Waals surface area contributed by atoms with E-state index in [4.69, 9.17) is 0 Å². The predicted molar refractivity (Wildman–Crippen MR) is 73.5 cm³/mol. The minimum Gasteiger partial charge on any atom is -0.355 e. The Balaban J connectivity index is 1.74. The number of piperidine rings is 1. The molecule has 2 rings (SSSR count). The summed E-state index contributed by atoms with van der Waals surface area (Å²) in [6.45, 7) is 4.20. The van der Waals surface area contributed by atoms with Crippen LogP contribution < -0.4 is 16.0 Å². The molecule has 2 saturated heterocycles. The van der Waals surface area contributed by atoms with Crippen molar-refractivity contribution in [2.75, 3.05) is 13.1 Å². The fourth-order valence-corrected chi connectivity index (χ4v) is 3.06. The van der Waals surface area contributed by atoms with Crippen molar-refractivity contribution in [1.29, 1.82) is 0 Å². The van der Waals surface area contributed by atoms with Gasteiger partial charge in [0, 0.05) is 18.6 Å². The van der Waals surface area contributed by atoms with Crippen LogP contribution in [-0.4, -0.2) is 37.1 Å². The highest BCUT2D eigenvalue weighted by Gasteiger charge is 2.23. The van der Waals surface area contributed by atoms with Gasteiger partial charge >= 0.3 is 0 Å². The third-order valence-electron chi connectivity index (χ3n) is 4.07. The van der Waals surface area contributed by atoms with E-state index in [-0.39, 0.29) is 11.9 Å². The lowest BCUT2D eigenvalue weighted by atomic mass is 9.98. The number of hydrogen-bond donors (Lipinski definition) is 3. The zero-order valence-corrected chi connectivity index (χ0v) is 11.5. The standard InChI is InChI=1S/C14H27N3O/c1-11(10-12-6-2-4-8-15-12)17-13-7-3-5-9-16-14(13)18/h11-13,15,17H,2-10H2,1H3,(H,16,18). The molecule has 2 fully saturated rings. The first kappa shape index (κ1) is 13.8. The molecule has 2 aliphatic rings. The molecule has 0 saturated carbocycles. The lowest BCUT2D eigenvalue weighted by Crippen LogP contribution is -2.48. The maximum Gasteiger partial charge on any atom is 0.237 e. The van der Waals surface area contributed by atoms with Gasteiger partial charge in [0.15, 0.2) is 0 Å². The van der Waals surface area contributed by atoms with Crippen molar-refractivity contribution in [1.82, 2.24) is 16.0 Å². The normalized spacial score (nSPS) is 31.5. The summed E-state index contributed by atoms with van der Waals surface area (Å²) in [6, 6.07) is 1.07. The van der Waals surface area contributed by atoms with E-state index >= 15 is 0 Å². The highest BCUT2D eigenvalue weighted by molar-refractivity contribution is 5.81. The molecule has 0 aromatic heterocycles. The Bertz CT molecular complexity index is 264. The summed E-state index contributed by atoms with van der Waals surface area (Å²) in [5.74, 6) is 0.191. The van der Waals surface area contributed by atoms with Crippen molar-refractivity contribution in [3.8, 4) is 0 Å². The second kappa shape index (κ2) is 7.10. The van der Waals surface area contributed by atoms with Crippen molar-refractivity contribution in [3.63, 3.8) is 0 Å². The number of carbonyl (C=O) groups is 1. The molecule has 0 aliphatic carbocycles. The fraction of sp³-hybridized carbons (Fsp3) is 0.929. The summed E-state index contributed by atoms with van der Waals surface area (Å²) in [4.78, 5) is 11.9. The average Bonchev–Trinajstić information content (AvgIpc) is 2.56. The van der Waals surface area contributed by atoms with Gasteiger partial charge < -0.3 is 16.0 Å². The summed E-state index contributed by atoms with van der Waals surface area (Å²) in [6.07, 6.45) is 8.30. The van der Waals surface area contributed by atoms with Crippen LogP contribution >= 0.6 is 0 Å². The topological polar surface area (TPSA) is 53.2 Å². The molecule has 2 heterocycles. The Labute approximate surface area is 110 Å². The van der Waals surface area contributed by atoms with E-state index in [2.05, 4.69) is 22.9 Å². The highest BCUT2D eigenvalue weighted by atomic mass is 16.2. The second-order valence-electron chi connectivity index (χ2n) is 5.79. The Morgan fingerprint density at radius 3 is 2.78 bits per heavy atom. The Morgan fingerprint density at radius 1 is 1.22 bits per heavy atom. The highest BCUT2D eigenvalue weighted by Crippen LogP contribution is 2.13. The maximum absolute atomic E-state index is 11.9. The van der Waals surface area contributed by atoms with Crippen molar-refractivity contribution in [2.45, 2.75) is 70.0 Å². The van der Waals surface area contributed by atoms with E-state index in [9.17, 15) is 4.79 Å².